The van der Waals surface area contributed by atoms with Gasteiger partial charge in [0.1, 0.15) is 5.82 Å². The van der Waals surface area contributed by atoms with Crippen LogP contribution in [-0.4, -0.2) is 17.0 Å². The summed E-state index contributed by atoms with van der Waals surface area (Å²) in [4.78, 5) is 8.55. The smallest absolute Gasteiger partial charge is 0.144 e. The van der Waals surface area contributed by atoms with E-state index in [1.165, 1.54) is 0 Å². The van der Waals surface area contributed by atoms with Crippen LogP contribution in [-0.2, 0) is 0 Å². The fourth-order valence-electron chi connectivity index (χ4n) is 1.29. The summed E-state index contributed by atoms with van der Waals surface area (Å²) in [6, 6.07) is 7.95. The lowest BCUT2D eigenvalue weighted by Gasteiger charge is -2.04. The molecule has 1 heterocycles. The van der Waals surface area contributed by atoms with Crippen LogP contribution in [0.3, 0.4) is 0 Å². The molecule has 0 radical (unpaired) electrons. The molecule has 2 rings (SSSR count). The topological polar surface area (TPSA) is 37.8 Å². The van der Waals surface area contributed by atoms with E-state index in [0.717, 1.165) is 21.5 Å². The molecule has 15 heavy (non-hydrogen) atoms. The normalized spacial score (nSPS) is 10.0. The number of halogens is 1. The molecule has 0 spiro atoms. The van der Waals surface area contributed by atoms with Gasteiger partial charge in [-0.2, -0.15) is 0 Å². The van der Waals surface area contributed by atoms with E-state index in [-0.39, 0.29) is 0 Å². The highest BCUT2D eigenvalue weighted by Crippen LogP contribution is 2.26. The van der Waals surface area contributed by atoms with Gasteiger partial charge in [0.25, 0.3) is 0 Å². The summed E-state index contributed by atoms with van der Waals surface area (Å²) in [5, 5.41) is 2.97. The molecule has 0 aliphatic rings. The molecule has 1 aromatic carbocycles. The van der Waals surface area contributed by atoms with Gasteiger partial charge in [0, 0.05) is 17.1 Å². The van der Waals surface area contributed by atoms with Gasteiger partial charge in [0.05, 0.1) is 18.1 Å². The third-order valence-corrected chi connectivity index (χ3v) is 2.73. The van der Waals surface area contributed by atoms with Crippen LogP contribution in [0.1, 0.15) is 0 Å². The lowest BCUT2D eigenvalue weighted by atomic mass is 10.2. The molecule has 1 N–H and O–H groups in total. The Kier molecular flexibility index (Phi) is 2.97. The van der Waals surface area contributed by atoms with Crippen molar-refractivity contribution < 1.29 is 0 Å². The number of aromatic nitrogens is 2. The van der Waals surface area contributed by atoms with Crippen molar-refractivity contribution in [1.29, 1.82) is 0 Å². The Balaban J connectivity index is 2.49. The lowest BCUT2D eigenvalue weighted by molar-refractivity contribution is 1.19. The van der Waals surface area contributed by atoms with E-state index in [4.69, 9.17) is 0 Å². The third kappa shape index (κ3) is 2.15. The summed E-state index contributed by atoms with van der Waals surface area (Å²) in [6.45, 7) is 0. The molecule has 0 saturated carbocycles. The van der Waals surface area contributed by atoms with E-state index in [2.05, 4.69) is 31.2 Å². The van der Waals surface area contributed by atoms with Crippen molar-refractivity contribution in [2.45, 2.75) is 0 Å². The first-order valence-corrected chi connectivity index (χ1v) is 5.35. The maximum atomic E-state index is 4.42. The summed E-state index contributed by atoms with van der Waals surface area (Å²) in [6.07, 6.45) is 3.45. The lowest BCUT2D eigenvalue weighted by Crippen LogP contribution is -1.95. The fraction of sp³-hybridized carbons (Fsp3) is 0.0909. The van der Waals surface area contributed by atoms with Crippen molar-refractivity contribution in [3.8, 4) is 11.3 Å². The number of nitrogens with one attached hydrogen (secondary N) is 1. The molecule has 3 nitrogen and oxygen atoms in total. The van der Waals surface area contributed by atoms with Gasteiger partial charge in [0.2, 0.25) is 0 Å². The maximum absolute atomic E-state index is 4.42. The number of nitrogens with zero attached hydrogens (tertiary/aromatic N) is 2. The van der Waals surface area contributed by atoms with Crippen LogP contribution in [0.15, 0.2) is 41.1 Å². The number of rotatable bonds is 2. The summed E-state index contributed by atoms with van der Waals surface area (Å²) < 4.78 is 1.02. The maximum Gasteiger partial charge on any atom is 0.144 e. The van der Waals surface area contributed by atoms with E-state index in [1.54, 1.807) is 12.4 Å². The van der Waals surface area contributed by atoms with Gasteiger partial charge in [-0.05, 0) is 6.07 Å². The highest BCUT2D eigenvalue weighted by Gasteiger charge is 2.04. The highest BCUT2D eigenvalue weighted by molar-refractivity contribution is 9.10. The van der Waals surface area contributed by atoms with Crippen molar-refractivity contribution in [2.75, 3.05) is 12.4 Å². The largest absolute Gasteiger partial charge is 0.372 e. The summed E-state index contributed by atoms with van der Waals surface area (Å²) >= 11 is 3.49. The summed E-state index contributed by atoms with van der Waals surface area (Å²) in [5.41, 5.74) is 1.90. The predicted molar refractivity (Wildman–Crippen MR) is 64.7 cm³/mol. The van der Waals surface area contributed by atoms with Gasteiger partial charge < -0.3 is 5.32 Å². The van der Waals surface area contributed by atoms with E-state index >= 15 is 0 Å². The Labute approximate surface area is 96.7 Å². The van der Waals surface area contributed by atoms with Gasteiger partial charge in [-0.15, -0.1) is 0 Å². The monoisotopic (exact) mass is 263 g/mol. The van der Waals surface area contributed by atoms with E-state index < -0.39 is 0 Å². The van der Waals surface area contributed by atoms with E-state index in [1.807, 2.05) is 31.3 Å². The molecule has 0 aliphatic carbocycles. The minimum absolute atomic E-state index is 0.767. The number of hydrogen-bond donors (Lipinski definition) is 1. The average molecular weight is 264 g/mol. The Morgan fingerprint density at radius 2 is 2.00 bits per heavy atom. The Morgan fingerprint density at radius 1 is 1.20 bits per heavy atom. The first-order chi connectivity index (χ1) is 7.31. The SMILES string of the molecule is CNc1cncc(-c2ccccc2Br)n1. The van der Waals surface area contributed by atoms with E-state index in [9.17, 15) is 0 Å². The second-order valence-corrected chi connectivity index (χ2v) is 3.87. The molecule has 4 heteroatoms. The second kappa shape index (κ2) is 4.40. The highest BCUT2D eigenvalue weighted by atomic mass is 79.9. The number of benzene rings is 1. The van der Waals surface area contributed by atoms with Crippen molar-refractivity contribution in [2.24, 2.45) is 0 Å². The van der Waals surface area contributed by atoms with Crippen molar-refractivity contribution >= 4 is 21.7 Å². The molecule has 0 unspecified atom stereocenters. The molecule has 0 saturated heterocycles. The minimum Gasteiger partial charge on any atom is -0.372 e. The van der Waals surface area contributed by atoms with Crippen LogP contribution in [0.5, 0.6) is 0 Å². The Bertz CT molecular complexity index is 471. The summed E-state index contributed by atoms with van der Waals surface area (Å²) in [7, 11) is 1.83. The first kappa shape index (κ1) is 10.1. The fourth-order valence-corrected chi connectivity index (χ4v) is 1.77. The number of anilines is 1. The van der Waals surface area contributed by atoms with Crippen LogP contribution in [0.4, 0.5) is 5.82 Å². The molecule has 0 atom stereocenters. The zero-order valence-corrected chi connectivity index (χ0v) is 9.82. The number of hydrogen-bond acceptors (Lipinski definition) is 3. The standard InChI is InChI=1S/C11H10BrN3/c1-13-11-7-14-6-10(15-11)8-4-2-3-5-9(8)12/h2-7H,1H3,(H,13,15). The first-order valence-electron chi connectivity index (χ1n) is 4.56. The van der Waals surface area contributed by atoms with Crippen LogP contribution in [0.25, 0.3) is 11.3 Å². The van der Waals surface area contributed by atoms with Crippen molar-refractivity contribution in [3.05, 3.63) is 41.1 Å². The van der Waals surface area contributed by atoms with Crippen LogP contribution in [0, 0.1) is 0 Å². The van der Waals surface area contributed by atoms with Gasteiger partial charge >= 0.3 is 0 Å². The van der Waals surface area contributed by atoms with Crippen molar-refractivity contribution in [1.82, 2.24) is 9.97 Å². The zero-order valence-electron chi connectivity index (χ0n) is 8.24. The quantitative estimate of drug-likeness (QED) is 0.906. The molecule has 0 fully saturated rings. The van der Waals surface area contributed by atoms with E-state index in [0.29, 0.717) is 0 Å². The Morgan fingerprint density at radius 3 is 2.73 bits per heavy atom. The zero-order chi connectivity index (χ0) is 10.7. The molecule has 76 valence electrons. The van der Waals surface area contributed by atoms with Gasteiger partial charge in [0.15, 0.2) is 0 Å². The minimum atomic E-state index is 0.767. The molecule has 0 bridgehead atoms. The van der Waals surface area contributed by atoms with Gasteiger partial charge in [-0.1, -0.05) is 34.1 Å². The van der Waals surface area contributed by atoms with Crippen LogP contribution < -0.4 is 5.32 Å². The second-order valence-electron chi connectivity index (χ2n) is 3.02. The average Bonchev–Trinajstić information content (AvgIpc) is 2.30. The predicted octanol–water partition coefficient (Wildman–Crippen LogP) is 2.95. The van der Waals surface area contributed by atoms with Gasteiger partial charge in [-0.3, -0.25) is 4.98 Å². The molecule has 0 aliphatic heterocycles. The molecular weight excluding hydrogens is 254 g/mol. The van der Waals surface area contributed by atoms with Crippen LogP contribution in [0.2, 0.25) is 0 Å². The molecule has 2 aromatic rings. The summed E-state index contributed by atoms with van der Waals surface area (Å²) in [5.74, 6) is 0.767. The Hall–Kier alpha value is -1.42. The molecular formula is C11H10BrN3. The molecule has 0 amide bonds. The molecule has 1 aromatic heterocycles. The van der Waals surface area contributed by atoms with Gasteiger partial charge in [-0.25, -0.2) is 4.98 Å². The third-order valence-electron chi connectivity index (χ3n) is 2.04. The van der Waals surface area contributed by atoms with Crippen LogP contribution >= 0.6 is 15.9 Å². The van der Waals surface area contributed by atoms with Crippen molar-refractivity contribution in [3.63, 3.8) is 0 Å².